The maximum absolute atomic E-state index is 12.1. The smallest absolute Gasteiger partial charge is 0.240 e. The summed E-state index contributed by atoms with van der Waals surface area (Å²) in [5, 5.41) is 8.92. The molecule has 8 heteroatoms. The molecular weight excluding hydrogens is 314 g/mol. The van der Waals surface area contributed by atoms with Gasteiger partial charge in [0.1, 0.15) is 0 Å². The van der Waals surface area contributed by atoms with Gasteiger partial charge in [0.25, 0.3) is 0 Å². The molecule has 0 aromatic heterocycles. The molecule has 6 nitrogen and oxygen atoms in total. The number of sulfonamides is 1. The Bertz CT molecular complexity index is 676. The van der Waals surface area contributed by atoms with E-state index in [1.165, 1.54) is 24.3 Å². The fourth-order valence-corrected chi connectivity index (χ4v) is 3.50. The first-order valence-electron chi connectivity index (χ1n) is 6.39. The average molecular weight is 335 g/mol. The molecule has 0 unspecified atom stereocenters. The lowest BCUT2D eigenvalue weighted by Gasteiger charge is -2.23. The van der Waals surface area contributed by atoms with Gasteiger partial charge < -0.3 is 5.11 Å². The summed E-state index contributed by atoms with van der Waals surface area (Å²) >= 11 is 0. The Hall–Kier alpha value is -0.960. The van der Waals surface area contributed by atoms with E-state index in [1.54, 1.807) is 0 Å². The van der Waals surface area contributed by atoms with Crippen molar-refractivity contribution >= 4 is 19.9 Å². The van der Waals surface area contributed by atoms with Crippen molar-refractivity contribution in [1.29, 1.82) is 0 Å². The van der Waals surface area contributed by atoms with Crippen LogP contribution >= 0.6 is 0 Å². The molecule has 0 atom stereocenters. The van der Waals surface area contributed by atoms with Gasteiger partial charge in [-0.3, -0.25) is 0 Å². The quantitative estimate of drug-likeness (QED) is 0.767. The lowest BCUT2D eigenvalue weighted by molar-refractivity contribution is 0.213. The van der Waals surface area contributed by atoms with Gasteiger partial charge in [-0.25, -0.2) is 21.6 Å². The van der Waals surface area contributed by atoms with Crippen LogP contribution in [0, 0.1) is 5.41 Å². The number of benzene rings is 1. The van der Waals surface area contributed by atoms with Crippen LogP contribution in [0.4, 0.5) is 0 Å². The second-order valence-electron chi connectivity index (χ2n) is 5.71. The normalized spacial score (nSPS) is 13.3. The molecule has 0 radical (unpaired) electrons. The molecule has 0 amide bonds. The molecule has 21 heavy (non-hydrogen) atoms. The van der Waals surface area contributed by atoms with Crippen molar-refractivity contribution in [1.82, 2.24) is 4.72 Å². The van der Waals surface area contributed by atoms with Gasteiger partial charge in [0, 0.05) is 19.4 Å². The zero-order chi connectivity index (χ0) is 16.3. The van der Waals surface area contributed by atoms with Gasteiger partial charge in [0.05, 0.1) is 9.79 Å². The van der Waals surface area contributed by atoms with Crippen molar-refractivity contribution in [3.63, 3.8) is 0 Å². The van der Waals surface area contributed by atoms with E-state index in [2.05, 4.69) is 4.72 Å². The molecule has 0 bridgehead atoms. The molecule has 0 aliphatic carbocycles. The second-order valence-corrected chi connectivity index (χ2v) is 9.49. The number of rotatable bonds is 7. The van der Waals surface area contributed by atoms with Crippen molar-refractivity contribution in [2.45, 2.75) is 30.1 Å². The highest BCUT2D eigenvalue weighted by molar-refractivity contribution is 7.90. The average Bonchev–Trinajstić information content (AvgIpc) is 2.36. The highest BCUT2D eigenvalue weighted by Crippen LogP contribution is 2.20. The summed E-state index contributed by atoms with van der Waals surface area (Å²) in [6, 6.07) is 5.06. The topological polar surface area (TPSA) is 101 Å². The Labute approximate surface area is 126 Å². The maximum atomic E-state index is 12.1. The van der Waals surface area contributed by atoms with Gasteiger partial charge in [0.15, 0.2) is 9.84 Å². The zero-order valence-corrected chi connectivity index (χ0v) is 14.0. The number of hydrogen-bond donors (Lipinski definition) is 2. The van der Waals surface area contributed by atoms with Crippen LogP contribution in [-0.4, -0.2) is 41.3 Å². The minimum absolute atomic E-state index is 0.00898. The molecule has 1 aromatic rings. The van der Waals surface area contributed by atoms with Crippen LogP contribution < -0.4 is 4.72 Å². The predicted molar refractivity (Wildman–Crippen MR) is 80.2 cm³/mol. The summed E-state index contributed by atoms with van der Waals surface area (Å²) < 4.78 is 49.4. The molecule has 0 heterocycles. The van der Waals surface area contributed by atoms with E-state index in [0.29, 0.717) is 6.42 Å². The first kappa shape index (κ1) is 18.1. The van der Waals surface area contributed by atoms with Gasteiger partial charge in [0.2, 0.25) is 10.0 Å². The molecule has 0 aliphatic rings. The Morgan fingerprint density at radius 2 is 1.52 bits per heavy atom. The molecule has 0 aliphatic heterocycles. The predicted octanol–water partition coefficient (Wildman–Crippen LogP) is 0.777. The fraction of sp³-hybridized carbons (Fsp3) is 0.538. The van der Waals surface area contributed by atoms with E-state index >= 15 is 0 Å². The maximum Gasteiger partial charge on any atom is 0.240 e. The Balaban J connectivity index is 2.89. The standard InChI is InChI=1S/C13H21NO5S2/c1-13(2,8-9-15)10-14-21(18,19)12-6-4-11(5-7-12)20(3,16)17/h4-7,14-15H,8-10H2,1-3H3. The summed E-state index contributed by atoms with van der Waals surface area (Å²) in [7, 11) is -7.05. The van der Waals surface area contributed by atoms with Gasteiger partial charge in [-0.1, -0.05) is 13.8 Å². The monoisotopic (exact) mass is 335 g/mol. The number of sulfone groups is 1. The number of aliphatic hydroxyl groups is 1. The van der Waals surface area contributed by atoms with Crippen LogP contribution in [0.5, 0.6) is 0 Å². The van der Waals surface area contributed by atoms with E-state index in [-0.39, 0.29) is 28.4 Å². The highest BCUT2D eigenvalue weighted by Gasteiger charge is 2.22. The third kappa shape index (κ3) is 5.39. The molecule has 120 valence electrons. The third-order valence-corrected chi connectivity index (χ3v) is 5.64. The van der Waals surface area contributed by atoms with Crippen LogP contribution in [0.2, 0.25) is 0 Å². The zero-order valence-electron chi connectivity index (χ0n) is 12.3. The van der Waals surface area contributed by atoms with Gasteiger partial charge in [-0.05, 0) is 36.1 Å². The molecule has 0 spiro atoms. The SMILES string of the molecule is CC(C)(CCO)CNS(=O)(=O)c1ccc(S(C)(=O)=O)cc1. The first-order valence-corrected chi connectivity index (χ1v) is 9.76. The van der Waals surface area contributed by atoms with Crippen molar-refractivity contribution in [3.8, 4) is 0 Å². The Morgan fingerprint density at radius 1 is 1.05 bits per heavy atom. The highest BCUT2D eigenvalue weighted by atomic mass is 32.2. The number of nitrogens with one attached hydrogen (secondary N) is 1. The van der Waals surface area contributed by atoms with E-state index in [0.717, 1.165) is 6.26 Å². The van der Waals surface area contributed by atoms with Crippen molar-refractivity contribution in [2.24, 2.45) is 5.41 Å². The first-order chi connectivity index (χ1) is 9.48. The largest absolute Gasteiger partial charge is 0.396 e. The fourth-order valence-electron chi connectivity index (χ4n) is 1.63. The summed E-state index contributed by atoms with van der Waals surface area (Å²) in [6.45, 7) is 3.86. The molecular formula is C13H21NO5S2. The Kier molecular flexibility index (Phi) is 5.54. The van der Waals surface area contributed by atoms with Crippen molar-refractivity contribution in [3.05, 3.63) is 24.3 Å². The molecule has 0 saturated heterocycles. The van der Waals surface area contributed by atoms with Crippen LogP contribution in [0.25, 0.3) is 0 Å². The molecule has 0 saturated carbocycles. The summed E-state index contributed by atoms with van der Waals surface area (Å²) in [6.07, 6.45) is 1.54. The van der Waals surface area contributed by atoms with Gasteiger partial charge in [-0.2, -0.15) is 0 Å². The lowest BCUT2D eigenvalue weighted by atomic mass is 9.90. The van der Waals surface area contributed by atoms with Crippen LogP contribution in [0.3, 0.4) is 0 Å². The van der Waals surface area contributed by atoms with E-state index in [1.807, 2.05) is 13.8 Å². The molecule has 0 fully saturated rings. The van der Waals surface area contributed by atoms with E-state index in [4.69, 9.17) is 5.11 Å². The second kappa shape index (κ2) is 6.43. The summed E-state index contributed by atoms with van der Waals surface area (Å²) in [4.78, 5) is 0.0803. The van der Waals surface area contributed by atoms with Crippen molar-refractivity contribution < 1.29 is 21.9 Å². The third-order valence-electron chi connectivity index (χ3n) is 3.09. The van der Waals surface area contributed by atoms with Gasteiger partial charge in [-0.15, -0.1) is 0 Å². The molecule has 1 aromatic carbocycles. The lowest BCUT2D eigenvalue weighted by Crippen LogP contribution is -2.34. The van der Waals surface area contributed by atoms with Crippen LogP contribution in [0.15, 0.2) is 34.1 Å². The van der Waals surface area contributed by atoms with E-state index < -0.39 is 19.9 Å². The minimum atomic E-state index is -3.70. The number of aliphatic hydroxyl groups excluding tert-OH is 1. The van der Waals surface area contributed by atoms with Crippen LogP contribution in [-0.2, 0) is 19.9 Å². The minimum Gasteiger partial charge on any atom is -0.396 e. The molecule has 1 rings (SSSR count). The number of hydrogen-bond acceptors (Lipinski definition) is 5. The van der Waals surface area contributed by atoms with Crippen LogP contribution in [0.1, 0.15) is 20.3 Å². The summed E-state index contributed by atoms with van der Waals surface area (Å²) in [5.74, 6) is 0. The molecule has 2 N–H and O–H groups in total. The Morgan fingerprint density at radius 3 is 1.95 bits per heavy atom. The summed E-state index contributed by atoms with van der Waals surface area (Å²) in [5.41, 5.74) is -0.367. The van der Waals surface area contributed by atoms with Crippen molar-refractivity contribution in [2.75, 3.05) is 19.4 Å². The van der Waals surface area contributed by atoms with Gasteiger partial charge >= 0.3 is 0 Å². The van der Waals surface area contributed by atoms with E-state index in [9.17, 15) is 16.8 Å².